The van der Waals surface area contributed by atoms with Crippen LogP contribution in [0, 0.1) is 0 Å². The lowest BCUT2D eigenvalue weighted by atomic mass is 10.2. The molecule has 14 heavy (non-hydrogen) atoms. The van der Waals surface area contributed by atoms with E-state index >= 15 is 0 Å². The monoisotopic (exact) mass is 187 g/mol. The van der Waals surface area contributed by atoms with Crippen LogP contribution in [-0.4, -0.2) is 10.9 Å². The molecule has 1 aromatic heterocycles. The summed E-state index contributed by atoms with van der Waals surface area (Å²) in [5, 5.41) is 1.14. The Morgan fingerprint density at radius 3 is 2.93 bits per heavy atom. The second kappa shape index (κ2) is 3.66. The maximum atomic E-state index is 10.6. The van der Waals surface area contributed by atoms with Gasteiger partial charge in [-0.05, 0) is 30.7 Å². The van der Waals surface area contributed by atoms with E-state index in [4.69, 9.17) is 0 Å². The fourth-order valence-electron chi connectivity index (χ4n) is 1.73. The third kappa shape index (κ3) is 1.43. The van der Waals surface area contributed by atoms with E-state index < -0.39 is 0 Å². The van der Waals surface area contributed by atoms with Crippen molar-refractivity contribution < 1.29 is 4.79 Å². The Hall–Kier alpha value is -1.57. The summed E-state index contributed by atoms with van der Waals surface area (Å²) in [5.41, 5.74) is 1.95. The number of hydrogen-bond acceptors (Lipinski definition) is 1. The maximum Gasteiger partial charge on any atom is 0.150 e. The van der Waals surface area contributed by atoms with E-state index in [-0.39, 0.29) is 0 Å². The van der Waals surface area contributed by atoms with Gasteiger partial charge >= 0.3 is 0 Å². The Balaban J connectivity index is 2.53. The van der Waals surface area contributed by atoms with Gasteiger partial charge < -0.3 is 4.57 Å². The first-order chi connectivity index (χ1) is 6.85. The maximum absolute atomic E-state index is 10.6. The molecule has 72 valence electrons. The minimum atomic E-state index is 0.742. The normalized spacial score (nSPS) is 10.6. The molecule has 0 unspecified atom stereocenters. The fourth-order valence-corrected chi connectivity index (χ4v) is 1.73. The van der Waals surface area contributed by atoms with Crippen LogP contribution in [0.2, 0.25) is 0 Å². The Bertz CT molecular complexity index is 456. The molecule has 2 aromatic rings. The zero-order chi connectivity index (χ0) is 9.97. The van der Waals surface area contributed by atoms with Gasteiger partial charge in [0, 0.05) is 29.2 Å². The first-order valence-electron chi connectivity index (χ1n) is 4.89. The Morgan fingerprint density at radius 2 is 2.21 bits per heavy atom. The van der Waals surface area contributed by atoms with E-state index in [0.717, 1.165) is 30.2 Å². The van der Waals surface area contributed by atoms with Crippen LogP contribution >= 0.6 is 0 Å². The van der Waals surface area contributed by atoms with Gasteiger partial charge in [0.1, 0.15) is 6.29 Å². The summed E-state index contributed by atoms with van der Waals surface area (Å²) in [5.74, 6) is 0. The van der Waals surface area contributed by atoms with Crippen LogP contribution < -0.4 is 0 Å². The van der Waals surface area contributed by atoms with Gasteiger partial charge in [0.05, 0.1) is 0 Å². The molecule has 0 aliphatic carbocycles. The highest BCUT2D eigenvalue weighted by Gasteiger charge is 2.00. The van der Waals surface area contributed by atoms with Gasteiger partial charge in [-0.15, -0.1) is 0 Å². The summed E-state index contributed by atoms with van der Waals surface area (Å²) in [6.07, 6.45) is 4.08. The van der Waals surface area contributed by atoms with Gasteiger partial charge in [-0.2, -0.15) is 0 Å². The van der Waals surface area contributed by atoms with Gasteiger partial charge in [0.25, 0.3) is 0 Å². The third-order valence-corrected chi connectivity index (χ3v) is 2.40. The van der Waals surface area contributed by atoms with Crippen LogP contribution in [0.4, 0.5) is 0 Å². The number of rotatable bonds is 3. The Labute approximate surface area is 83.2 Å². The van der Waals surface area contributed by atoms with Crippen LogP contribution in [0.15, 0.2) is 30.5 Å². The van der Waals surface area contributed by atoms with Gasteiger partial charge in [0.15, 0.2) is 0 Å². The third-order valence-electron chi connectivity index (χ3n) is 2.40. The molecule has 0 aliphatic rings. The quantitative estimate of drug-likeness (QED) is 0.677. The number of benzene rings is 1. The molecular formula is C12H13NO. The predicted molar refractivity (Wildman–Crippen MR) is 57.6 cm³/mol. The van der Waals surface area contributed by atoms with Crippen molar-refractivity contribution in [3.8, 4) is 0 Å². The number of aryl methyl sites for hydroxylation is 1. The van der Waals surface area contributed by atoms with Crippen molar-refractivity contribution in [3.05, 3.63) is 36.0 Å². The van der Waals surface area contributed by atoms with Crippen LogP contribution in [0.1, 0.15) is 23.7 Å². The second-order valence-electron chi connectivity index (χ2n) is 3.45. The lowest BCUT2D eigenvalue weighted by molar-refractivity contribution is 0.112. The van der Waals surface area contributed by atoms with Gasteiger partial charge in [-0.3, -0.25) is 4.79 Å². The lowest BCUT2D eigenvalue weighted by Gasteiger charge is -2.02. The fraction of sp³-hybridized carbons (Fsp3) is 0.250. The number of hydrogen-bond donors (Lipinski definition) is 0. The molecule has 0 spiro atoms. The van der Waals surface area contributed by atoms with Crippen molar-refractivity contribution in [2.45, 2.75) is 19.9 Å². The number of carbonyl (C=O) groups is 1. The van der Waals surface area contributed by atoms with Gasteiger partial charge in [0.2, 0.25) is 0 Å². The summed E-state index contributed by atoms with van der Waals surface area (Å²) in [4.78, 5) is 10.6. The number of fused-ring (bicyclic) bond motifs is 1. The minimum Gasteiger partial charge on any atom is -0.347 e. The summed E-state index contributed by atoms with van der Waals surface area (Å²) in [7, 11) is 0. The Kier molecular flexibility index (Phi) is 2.35. The van der Waals surface area contributed by atoms with Crippen LogP contribution in [0.5, 0.6) is 0 Å². The average Bonchev–Trinajstić information content (AvgIpc) is 2.61. The largest absolute Gasteiger partial charge is 0.347 e. The Morgan fingerprint density at radius 1 is 1.36 bits per heavy atom. The van der Waals surface area contributed by atoms with Crippen molar-refractivity contribution in [2.24, 2.45) is 0 Å². The highest BCUT2D eigenvalue weighted by Crippen LogP contribution is 2.17. The zero-order valence-corrected chi connectivity index (χ0v) is 8.23. The SMILES string of the molecule is CCCn1ccc2cc(C=O)ccc21. The molecule has 0 saturated heterocycles. The molecule has 2 nitrogen and oxygen atoms in total. The standard InChI is InChI=1S/C12H13NO/c1-2-6-13-7-5-11-8-10(9-14)3-4-12(11)13/h3-5,7-9H,2,6H2,1H3. The summed E-state index contributed by atoms with van der Waals surface area (Å²) in [6.45, 7) is 3.19. The van der Waals surface area contributed by atoms with Crippen molar-refractivity contribution in [1.82, 2.24) is 4.57 Å². The first kappa shape index (κ1) is 9.00. The molecular weight excluding hydrogens is 174 g/mol. The molecule has 0 N–H and O–H groups in total. The van der Waals surface area contributed by atoms with Crippen molar-refractivity contribution in [2.75, 3.05) is 0 Å². The average molecular weight is 187 g/mol. The number of nitrogens with zero attached hydrogens (tertiary/aromatic N) is 1. The zero-order valence-electron chi connectivity index (χ0n) is 8.23. The smallest absolute Gasteiger partial charge is 0.150 e. The van der Waals surface area contributed by atoms with Crippen LogP contribution in [-0.2, 0) is 6.54 Å². The van der Waals surface area contributed by atoms with E-state index in [1.807, 2.05) is 18.2 Å². The molecule has 1 aromatic carbocycles. The number of aldehydes is 1. The summed E-state index contributed by atoms with van der Waals surface area (Å²) < 4.78 is 2.21. The first-order valence-corrected chi connectivity index (χ1v) is 4.89. The predicted octanol–water partition coefficient (Wildman–Crippen LogP) is 2.86. The van der Waals surface area contributed by atoms with Crippen molar-refractivity contribution in [3.63, 3.8) is 0 Å². The van der Waals surface area contributed by atoms with Crippen molar-refractivity contribution in [1.29, 1.82) is 0 Å². The number of carbonyl (C=O) groups excluding carboxylic acids is 1. The molecule has 0 aliphatic heterocycles. The highest BCUT2D eigenvalue weighted by molar-refractivity contribution is 5.87. The van der Waals surface area contributed by atoms with Crippen molar-refractivity contribution >= 4 is 17.2 Å². The molecule has 0 bridgehead atoms. The van der Waals surface area contributed by atoms with E-state index in [1.54, 1.807) is 0 Å². The minimum absolute atomic E-state index is 0.742. The van der Waals surface area contributed by atoms with Gasteiger partial charge in [-0.25, -0.2) is 0 Å². The summed E-state index contributed by atoms with van der Waals surface area (Å²) in [6, 6.07) is 7.85. The molecule has 2 heteroatoms. The van der Waals surface area contributed by atoms with Crippen LogP contribution in [0.25, 0.3) is 10.9 Å². The molecule has 0 radical (unpaired) electrons. The topological polar surface area (TPSA) is 22.0 Å². The van der Waals surface area contributed by atoms with E-state index in [1.165, 1.54) is 5.52 Å². The molecule has 2 rings (SSSR count). The molecule has 0 fully saturated rings. The molecule has 0 amide bonds. The molecule has 0 saturated carbocycles. The van der Waals surface area contributed by atoms with Crippen LogP contribution in [0.3, 0.4) is 0 Å². The van der Waals surface area contributed by atoms with E-state index in [9.17, 15) is 4.79 Å². The second-order valence-corrected chi connectivity index (χ2v) is 3.45. The number of aromatic nitrogens is 1. The van der Waals surface area contributed by atoms with Gasteiger partial charge in [-0.1, -0.05) is 6.92 Å². The molecule has 0 atom stereocenters. The molecule has 1 heterocycles. The highest BCUT2D eigenvalue weighted by atomic mass is 16.1. The summed E-state index contributed by atoms with van der Waals surface area (Å²) >= 11 is 0. The lowest BCUT2D eigenvalue weighted by Crippen LogP contribution is -1.93. The van der Waals surface area contributed by atoms with E-state index in [0.29, 0.717) is 0 Å². The van der Waals surface area contributed by atoms with E-state index in [2.05, 4.69) is 23.8 Å².